The average Bonchev–Trinajstić information content (AvgIpc) is 2.20. The number of hydrogen-bond donors (Lipinski definition) is 4. The molecule has 1 unspecified atom stereocenters. The zero-order valence-corrected chi connectivity index (χ0v) is 7.88. The Hall–Kier alpha value is -1.79. The van der Waals surface area contributed by atoms with E-state index >= 15 is 0 Å². The molecule has 15 heavy (non-hydrogen) atoms. The molecule has 2 amide bonds. The molecule has 0 saturated carbocycles. The predicted octanol–water partition coefficient (Wildman–Crippen LogP) is -0.133. The number of ether oxygens (including phenoxy) is 1. The molecule has 6 heteroatoms. The van der Waals surface area contributed by atoms with Crippen molar-refractivity contribution in [2.45, 2.75) is 6.29 Å². The van der Waals surface area contributed by atoms with Crippen molar-refractivity contribution in [1.82, 2.24) is 0 Å². The lowest BCUT2D eigenvalue weighted by Crippen LogP contribution is -2.20. The van der Waals surface area contributed by atoms with E-state index in [0.717, 1.165) is 0 Å². The Bertz CT molecular complexity index is 325. The molecular formula is C9H12N2O4. The van der Waals surface area contributed by atoms with Gasteiger partial charge in [0.2, 0.25) is 6.29 Å². The van der Waals surface area contributed by atoms with Crippen molar-refractivity contribution in [3.63, 3.8) is 0 Å². The first-order valence-electron chi connectivity index (χ1n) is 4.24. The lowest BCUT2D eigenvalue weighted by Gasteiger charge is -2.10. The molecule has 0 heterocycles. The number of nitrogens with two attached hydrogens (primary N) is 1. The Morgan fingerprint density at radius 3 is 2.53 bits per heavy atom. The number of carbonyl (C=O) groups is 1. The first kappa shape index (κ1) is 11.3. The molecule has 1 aromatic rings. The summed E-state index contributed by atoms with van der Waals surface area (Å²) in [6, 6.07) is 5.53. The van der Waals surface area contributed by atoms with Gasteiger partial charge in [-0.3, -0.25) is 0 Å². The van der Waals surface area contributed by atoms with Crippen LogP contribution < -0.4 is 15.8 Å². The summed E-state index contributed by atoms with van der Waals surface area (Å²) < 4.78 is 4.89. The lowest BCUT2D eigenvalue weighted by atomic mass is 10.3. The predicted molar refractivity (Wildman–Crippen MR) is 53.4 cm³/mol. The van der Waals surface area contributed by atoms with Gasteiger partial charge < -0.3 is 26.0 Å². The summed E-state index contributed by atoms with van der Waals surface area (Å²) in [5.41, 5.74) is 5.43. The highest BCUT2D eigenvalue weighted by Gasteiger charge is 2.03. The fourth-order valence-electron chi connectivity index (χ4n) is 0.953. The molecule has 1 atom stereocenters. The number of aliphatic hydroxyl groups is 2. The summed E-state index contributed by atoms with van der Waals surface area (Å²) in [5.74, 6) is 0.381. The van der Waals surface area contributed by atoms with Crippen molar-refractivity contribution < 1.29 is 19.7 Å². The van der Waals surface area contributed by atoms with Gasteiger partial charge in [0, 0.05) is 5.69 Å². The Labute approximate surface area is 86.3 Å². The molecule has 0 aliphatic heterocycles. The van der Waals surface area contributed by atoms with Gasteiger partial charge in [-0.1, -0.05) is 0 Å². The van der Waals surface area contributed by atoms with Gasteiger partial charge in [-0.05, 0) is 24.3 Å². The van der Waals surface area contributed by atoms with E-state index in [9.17, 15) is 4.79 Å². The maximum atomic E-state index is 10.5. The molecule has 0 saturated heterocycles. The van der Waals surface area contributed by atoms with Gasteiger partial charge in [-0.2, -0.15) is 0 Å². The molecule has 0 spiro atoms. The van der Waals surface area contributed by atoms with E-state index in [1.807, 2.05) is 0 Å². The van der Waals surface area contributed by atoms with Crippen LogP contribution in [0.1, 0.15) is 0 Å². The molecule has 82 valence electrons. The zero-order chi connectivity index (χ0) is 11.3. The van der Waals surface area contributed by atoms with Crippen LogP contribution in [0.2, 0.25) is 0 Å². The lowest BCUT2D eigenvalue weighted by molar-refractivity contribution is -0.0548. The van der Waals surface area contributed by atoms with Crippen molar-refractivity contribution in [2.75, 3.05) is 11.9 Å². The number of benzene rings is 1. The second-order valence-corrected chi connectivity index (χ2v) is 2.77. The van der Waals surface area contributed by atoms with E-state index < -0.39 is 18.9 Å². The van der Waals surface area contributed by atoms with E-state index in [4.69, 9.17) is 20.7 Å². The first-order valence-corrected chi connectivity index (χ1v) is 4.24. The Morgan fingerprint density at radius 1 is 1.47 bits per heavy atom. The van der Waals surface area contributed by atoms with Gasteiger partial charge in [-0.25, -0.2) is 4.79 Å². The number of primary amides is 1. The summed E-state index contributed by atoms with van der Waals surface area (Å²) in [7, 11) is 0. The molecule has 6 nitrogen and oxygen atoms in total. The first-order chi connectivity index (χ1) is 7.11. The van der Waals surface area contributed by atoms with E-state index in [0.29, 0.717) is 11.4 Å². The Balaban J connectivity index is 2.60. The topological polar surface area (TPSA) is 105 Å². The van der Waals surface area contributed by atoms with Crippen LogP contribution >= 0.6 is 0 Å². The van der Waals surface area contributed by atoms with Gasteiger partial charge in [0.1, 0.15) is 12.4 Å². The SMILES string of the molecule is NC(=O)Nc1ccc(OC(O)CO)cc1. The summed E-state index contributed by atoms with van der Waals surface area (Å²) in [5, 5.41) is 19.9. The number of hydrogen-bond acceptors (Lipinski definition) is 4. The minimum atomic E-state index is -1.25. The molecule has 1 rings (SSSR count). The highest BCUT2D eigenvalue weighted by Crippen LogP contribution is 2.16. The molecule has 0 aliphatic carbocycles. The van der Waals surface area contributed by atoms with Crippen molar-refractivity contribution in [1.29, 1.82) is 0 Å². The number of nitrogens with one attached hydrogen (secondary N) is 1. The third-order valence-corrected chi connectivity index (χ3v) is 1.55. The van der Waals surface area contributed by atoms with E-state index in [-0.39, 0.29) is 0 Å². The van der Waals surface area contributed by atoms with Crippen LogP contribution in [0.5, 0.6) is 5.75 Å². The zero-order valence-electron chi connectivity index (χ0n) is 7.88. The van der Waals surface area contributed by atoms with Gasteiger partial charge in [0.05, 0.1) is 0 Å². The largest absolute Gasteiger partial charge is 0.463 e. The van der Waals surface area contributed by atoms with Gasteiger partial charge in [-0.15, -0.1) is 0 Å². The smallest absolute Gasteiger partial charge is 0.316 e. The molecule has 5 N–H and O–H groups in total. The van der Waals surface area contributed by atoms with Crippen LogP contribution in [-0.2, 0) is 0 Å². The third-order valence-electron chi connectivity index (χ3n) is 1.55. The van der Waals surface area contributed by atoms with Gasteiger partial charge >= 0.3 is 6.03 Å². The Morgan fingerprint density at radius 2 is 2.07 bits per heavy atom. The molecule has 1 aromatic carbocycles. The molecule has 0 fully saturated rings. The summed E-state index contributed by atoms with van der Waals surface area (Å²) in [4.78, 5) is 10.5. The van der Waals surface area contributed by atoms with Gasteiger partial charge in [0.15, 0.2) is 0 Å². The number of amides is 2. The highest BCUT2D eigenvalue weighted by atomic mass is 16.6. The van der Waals surface area contributed by atoms with Crippen LogP contribution in [0.3, 0.4) is 0 Å². The standard InChI is InChI=1S/C9H12N2O4/c10-9(14)11-6-1-3-7(4-2-6)15-8(13)5-12/h1-4,8,12-13H,5H2,(H3,10,11,14). The number of aliphatic hydroxyl groups excluding tert-OH is 2. The summed E-state index contributed by atoms with van der Waals surface area (Å²) in [6.07, 6.45) is -1.25. The van der Waals surface area contributed by atoms with Gasteiger partial charge in [0.25, 0.3) is 0 Å². The van der Waals surface area contributed by atoms with Crippen LogP contribution in [0.4, 0.5) is 10.5 Å². The molecule has 0 bridgehead atoms. The Kier molecular flexibility index (Phi) is 3.90. The van der Waals surface area contributed by atoms with Crippen molar-refractivity contribution in [3.05, 3.63) is 24.3 Å². The number of urea groups is 1. The molecular weight excluding hydrogens is 200 g/mol. The van der Waals surface area contributed by atoms with Crippen LogP contribution in [0.25, 0.3) is 0 Å². The maximum Gasteiger partial charge on any atom is 0.316 e. The monoisotopic (exact) mass is 212 g/mol. The maximum absolute atomic E-state index is 10.5. The number of carbonyl (C=O) groups excluding carboxylic acids is 1. The molecule has 0 aliphatic rings. The fourth-order valence-corrected chi connectivity index (χ4v) is 0.953. The quantitative estimate of drug-likeness (QED) is 0.521. The minimum absolute atomic E-state index is 0.381. The van der Waals surface area contributed by atoms with Crippen LogP contribution in [0, 0.1) is 0 Å². The fraction of sp³-hybridized carbons (Fsp3) is 0.222. The van der Waals surface area contributed by atoms with Crippen LogP contribution in [0.15, 0.2) is 24.3 Å². The normalized spacial score (nSPS) is 11.9. The summed E-state index contributed by atoms with van der Waals surface area (Å²) in [6.45, 7) is -0.485. The second-order valence-electron chi connectivity index (χ2n) is 2.77. The minimum Gasteiger partial charge on any atom is -0.463 e. The van der Waals surface area contributed by atoms with Crippen molar-refractivity contribution in [3.8, 4) is 5.75 Å². The van der Waals surface area contributed by atoms with E-state index in [1.54, 1.807) is 12.1 Å². The molecule has 0 aromatic heterocycles. The molecule has 0 radical (unpaired) electrons. The second kappa shape index (κ2) is 5.18. The third kappa shape index (κ3) is 3.84. The van der Waals surface area contributed by atoms with Crippen LogP contribution in [-0.4, -0.2) is 29.1 Å². The highest BCUT2D eigenvalue weighted by molar-refractivity contribution is 5.87. The van der Waals surface area contributed by atoms with E-state index in [1.165, 1.54) is 12.1 Å². The van der Waals surface area contributed by atoms with Crippen molar-refractivity contribution >= 4 is 11.7 Å². The van der Waals surface area contributed by atoms with Crippen molar-refractivity contribution in [2.24, 2.45) is 5.73 Å². The average molecular weight is 212 g/mol. The summed E-state index contributed by atoms with van der Waals surface area (Å²) >= 11 is 0. The number of rotatable bonds is 4. The van der Waals surface area contributed by atoms with E-state index in [2.05, 4.69) is 5.32 Å². The number of anilines is 1.